The quantitative estimate of drug-likeness (QED) is 0.920. The van der Waals surface area contributed by atoms with Gasteiger partial charge in [0, 0.05) is 23.5 Å². The van der Waals surface area contributed by atoms with E-state index in [1.165, 1.54) is 6.07 Å². The van der Waals surface area contributed by atoms with Crippen molar-refractivity contribution < 1.29 is 14.7 Å². The van der Waals surface area contributed by atoms with E-state index in [9.17, 15) is 14.7 Å². The fourth-order valence-corrected chi connectivity index (χ4v) is 3.00. The summed E-state index contributed by atoms with van der Waals surface area (Å²) in [6, 6.07) is 4.81. The van der Waals surface area contributed by atoms with Crippen molar-refractivity contribution in [2.24, 2.45) is 0 Å². The van der Waals surface area contributed by atoms with E-state index < -0.39 is 0 Å². The van der Waals surface area contributed by atoms with Crippen LogP contribution < -0.4 is 0 Å². The van der Waals surface area contributed by atoms with Crippen LogP contribution in [-0.4, -0.2) is 34.3 Å². The first-order valence-electron chi connectivity index (χ1n) is 6.78. The first kappa shape index (κ1) is 15.0. The number of likely N-dealkylation sites (tertiary alicyclic amines) is 1. The molecular formula is C15H18BrNO3. The second kappa shape index (κ2) is 6.39. The molecule has 1 amide bonds. The molecule has 1 atom stereocenters. The molecule has 0 spiro atoms. The van der Waals surface area contributed by atoms with Gasteiger partial charge in [0.15, 0.2) is 0 Å². The van der Waals surface area contributed by atoms with Gasteiger partial charge in [0.25, 0.3) is 5.91 Å². The van der Waals surface area contributed by atoms with Crippen LogP contribution in [0.25, 0.3) is 0 Å². The first-order chi connectivity index (χ1) is 9.49. The molecule has 1 aromatic carbocycles. The third kappa shape index (κ3) is 3.39. The van der Waals surface area contributed by atoms with Crippen LogP contribution in [0.5, 0.6) is 5.75 Å². The number of rotatable bonds is 3. The maximum Gasteiger partial charge on any atom is 0.257 e. The maximum atomic E-state index is 12.6. The zero-order valence-electron chi connectivity index (χ0n) is 11.4. The summed E-state index contributed by atoms with van der Waals surface area (Å²) in [5, 5.41) is 9.92. The Morgan fingerprint density at radius 1 is 1.40 bits per heavy atom. The SMILES string of the molecule is CC(=O)CC1CCCCN1C(=O)c1ccc(Br)cc1O. The van der Waals surface area contributed by atoms with Gasteiger partial charge in [0.1, 0.15) is 11.5 Å². The first-order valence-corrected chi connectivity index (χ1v) is 7.57. The van der Waals surface area contributed by atoms with Crippen molar-refractivity contribution in [2.45, 2.75) is 38.6 Å². The molecule has 1 fully saturated rings. The number of aromatic hydroxyl groups is 1. The molecule has 20 heavy (non-hydrogen) atoms. The lowest BCUT2D eigenvalue weighted by Crippen LogP contribution is -2.44. The average molecular weight is 340 g/mol. The number of benzene rings is 1. The Balaban J connectivity index is 2.22. The zero-order chi connectivity index (χ0) is 14.7. The number of phenolic OH excluding ortho intramolecular Hbond substituents is 1. The lowest BCUT2D eigenvalue weighted by atomic mass is 9.96. The topological polar surface area (TPSA) is 57.6 Å². The van der Waals surface area contributed by atoms with E-state index in [0.29, 0.717) is 18.5 Å². The summed E-state index contributed by atoms with van der Waals surface area (Å²) in [4.78, 5) is 25.6. The van der Waals surface area contributed by atoms with Crippen LogP contribution in [0.15, 0.2) is 22.7 Å². The number of ketones is 1. The molecule has 108 valence electrons. The fourth-order valence-electron chi connectivity index (χ4n) is 2.65. The number of phenols is 1. The summed E-state index contributed by atoms with van der Waals surface area (Å²) in [6.45, 7) is 2.20. The molecular weight excluding hydrogens is 322 g/mol. The Bertz CT molecular complexity index is 530. The molecule has 2 rings (SSSR count). The van der Waals surface area contributed by atoms with E-state index >= 15 is 0 Å². The van der Waals surface area contributed by atoms with Crippen molar-refractivity contribution in [2.75, 3.05) is 6.54 Å². The lowest BCUT2D eigenvalue weighted by molar-refractivity contribution is -0.118. The number of hydrogen-bond donors (Lipinski definition) is 1. The van der Waals surface area contributed by atoms with Gasteiger partial charge >= 0.3 is 0 Å². The van der Waals surface area contributed by atoms with Crippen molar-refractivity contribution in [1.29, 1.82) is 0 Å². The number of carbonyl (C=O) groups excluding carboxylic acids is 2. The summed E-state index contributed by atoms with van der Waals surface area (Å²) < 4.78 is 0.727. The van der Waals surface area contributed by atoms with Crippen LogP contribution in [0.3, 0.4) is 0 Å². The number of halogens is 1. The highest BCUT2D eigenvalue weighted by atomic mass is 79.9. The third-order valence-electron chi connectivity index (χ3n) is 3.60. The number of amides is 1. The van der Waals surface area contributed by atoms with E-state index in [2.05, 4.69) is 15.9 Å². The minimum Gasteiger partial charge on any atom is -0.507 e. The summed E-state index contributed by atoms with van der Waals surface area (Å²) in [6.07, 6.45) is 3.22. The van der Waals surface area contributed by atoms with Gasteiger partial charge in [-0.15, -0.1) is 0 Å². The average Bonchev–Trinajstić information content (AvgIpc) is 2.38. The van der Waals surface area contributed by atoms with E-state index in [4.69, 9.17) is 0 Å². The summed E-state index contributed by atoms with van der Waals surface area (Å²) in [5.74, 6) is -0.132. The monoisotopic (exact) mass is 339 g/mol. The van der Waals surface area contributed by atoms with E-state index in [1.54, 1.807) is 24.0 Å². The summed E-state index contributed by atoms with van der Waals surface area (Å²) >= 11 is 3.26. The molecule has 0 bridgehead atoms. The minimum absolute atomic E-state index is 0.0310. The Kier molecular flexibility index (Phi) is 4.81. The van der Waals surface area contributed by atoms with Crippen LogP contribution in [0.2, 0.25) is 0 Å². The molecule has 0 aromatic heterocycles. The van der Waals surface area contributed by atoms with Gasteiger partial charge < -0.3 is 10.0 Å². The van der Waals surface area contributed by atoms with Crippen LogP contribution in [0, 0.1) is 0 Å². The van der Waals surface area contributed by atoms with Crippen LogP contribution >= 0.6 is 15.9 Å². The minimum atomic E-state index is -0.194. The standard InChI is InChI=1S/C15H18BrNO3/c1-10(18)8-12-4-2-3-7-17(12)15(20)13-6-5-11(16)9-14(13)19/h5-6,9,12,19H,2-4,7-8H2,1H3. The smallest absolute Gasteiger partial charge is 0.257 e. The normalized spacial score (nSPS) is 18.9. The Morgan fingerprint density at radius 3 is 2.80 bits per heavy atom. The lowest BCUT2D eigenvalue weighted by Gasteiger charge is -2.35. The largest absolute Gasteiger partial charge is 0.507 e. The maximum absolute atomic E-state index is 12.6. The molecule has 1 aromatic rings. The van der Waals surface area contributed by atoms with Crippen LogP contribution in [0.4, 0.5) is 0 Å². The molecule has 5 heteroatoms. The van der Waals surface area contributed by atoms with E-state index in [-0.39, 0.29) is 23.5 Å². The number of hydrogen-bond acceptors (Lipinski definition) is 3. The Labute approximate surface area is 126 Å². The van der Waals surface area contributed by atoms with Crippen molar-refractivity contribution >= 4 is 27.6 Å². The van der Waals surface area contributed by atoms with Crippen molar-refractivity contribution in [3.8, 4) is 5.75 Å². The molecule has 1 heterocycles. The highest BCUT2D eigenvalue weighted by Crippen LogP contribution is 2.27. The van der Waals surface area contributed by atoms with Gasteiger partial charge in [0.05, 0.1) is 5.56 Å². The number of piperidine rings is 1. The summed E-state index contributed by atoms with van der Waals surface area (Å²) in [7, 11) is 0. The highest BCUT2D eigenvalue weighted by molar-refractivity contribution is 9.10. The van der Waals surface area contributed by atoms with E-state index in [1.807, 2.05) is 0 Å². The Hall–Kier alpha value is -1.36. The van der Waals surface area contributed by atoms with Gasteiger partial charge in [-0.05, 0) is 44.4 Å². The van der Waals surface area contributed by atoms with E-state index in [0.717, 1.165) is 23.7 Å². The van der Waals surface area contributed by atoms with Gasteiger partial charge in [0.2, 0.25) is 0 Å². The Morgan fingerprint density at radius 2 is 2.15 bits per heavy atom. The molecule has 1 N–H and O–H groups in total. The fraction of sp³-hybridized carbons (Fsp3) is 0.467. The molecule has 0 radical (unpaired) electrons. The number of nitrogens with zero attached hydrogens (tertiary/aromatic N) is 1. The number of Topliss-reactive ketones (excluding diaryl/α,β-unsaturated/α-hetero) is 1. The predicted octanol–water partition coefficient (Wildman–Crippen LogP) is 3.13. The van der Waals surface area contributed by atoms with Gasteiger partial charge in [-0.1, -0.05) is 15.9 Å². The third-order valence-corrected chi connectivity index (χ3v) is 4.09. The second-order valence-electron chi connectivity index (χ2n) is 5.22. The van der Waals surface area contributed by atoms with Crippen molar-refractivity contribution in [3.05, 3.63) is 28.2 Å². The predicted molar refractivity (Wildman–Crippen MR) is 79.8 cm³/mol. The van der Waals surface area contributed by atoms with Gasteiger partial charge in [-0.25, -0.2) is 0 Å². The zero-order valence-corrected chi connectivity index (χ0v) is 13.0. The molecule has 1 aliphatic heterocycles. The summed E-state index contributed by atoms with van der Waals surface area (Å²) in [5.41, 5.74) is 0.295. The van der Waals surface area contributed by atoms with Gasteiger partial charge in [-0.3, -0.25) is 9.59 Å². The second-order valence-corrected chi connectivity index (χ2v) is 6.13. The van der Waals surface area contributed by atoms with Crippen molar-refractivity contribution in [3.63, 3.8) is 0 Å². The molecule has 1 aliphatic rings. The highest BCUT2D eigenvalue weighted by Gasteiger charge is 2.29. The molecule has 4 nitrogen and oxygen atoms in total. The number of carbonyl (C=O) groups is 2. The molecule has 0 aliphatic carbocycles. The van der Waals surface area contributed by atoms with Crippen molar-refractivity contribution in [1.82, 2.24) is 4.90 Å². The van der Waals surface area contributed by atoms with Crippen LogP contribution in [0.1, 0.15) is 43.0 Å². The van der Waals surface area contributed by atoms with Gasteiger partial charge in [-0.2, -0.15) is 0 Å². The molecule has 0 saturated carbocycles. The molecule has 1 unspecified atom stereocenters. The molecule has 1 saturated heterocycles. The van der Waals surface area contributed by atoms with Crippen LogP contribution in [-0.2, 0) is 4.79 Å².